The van der Waals surface area contributed by atoms with Crippen LogP contribution in [0.4, 0.5) is 4.79 Å². The van der Waals surface area contributed by atoms with Crippen LogP contribution >= 0.6 is 11.6 Å². The third kappa shape index (κ3) is 3.65. The van der Waals surface area contributed by atoms with E-state index in [-0.39, 0.29) is 18.0 Å². The van der Waals surface area contributed by atoms with Gasteiger partial charge >= 0.3 is 6.09 Å². The van der Waals surface area contributed by atoms with Crippen molar-refractivity contribution in [1.29, 1.82) is 0 Å². The van der Waals surface area contributed by atoms with E-state index < -0.39 is 18.1 Å². The van der Waals surface area contributed by atoms with Crippen LogP contribution in [0.1, 0.15) is 25.3 Å². The van der Waals surface area contributed by atoms with Crippen molar-refractivity contribution >= 4 is 29.3 Å². The van der Waals surface area contributed by atoms with Crippen LogP contribution in [0.2, 0.25) is 5.02 Å². The zero-order valence-corrected chi connectivity index (χ0v) is 13.0. The highest BCUT2D eigenvalue weighted by atomic mass is 35.5. The molecule has 0 aromatic heterocycles. The fraction of sp³-hybridized carbons (Fsp3) is 0.438. The van der Waals surface area contributed by atoms with Crippen LogP contribution < -0.4 is 0 Å². The lowest BCUT2D eigenvalue weighted by atomic mass is 9.87. The molecule has 0 saturated carbocycles. The van der Waals surface area contributed by atoms with Gasteiger partial charge in [0.25, 0.3) is 0 Å². The minimum atomic E-state index is -1.11. The highest BCUT2D eigenvalue weighted by molar-refractivity contribution is 6.30. The maximum Gasteiger partial charge on any atom is 0.407 e. The molecule has 2 atom stereocenters. The van der Waals surface area contributed by atoms with Gasteiger partial charge in [0.1, 0.15) is 5.78 Å². The van der Waals surface area contributed by atoms with Crippen molar-refractivity contribution in [2.75, 3.05) is 6.54 Å². The molecule has 1 heterocycles. The summed E-state index contributed by atoms with van der Waals surface area (Å²) in [5.41, 5.74) is 0.831. The van der Waals surface area contributed by atoms with Crippen LogP contribution in [0, 0.1) is 5.92 Å². The minimum absolute atomic E-state index is 0.239. The molecule has 118 valence electrons. The van der Waals surface area contributed by atoms with E-state index >= 15 is 0 Å². The molecule has 1 aromatic rings. The quantitative estimate of drug-likeness (QED) is 0.845. The number of carbonyl (C=O) groups excluding carboxylic acids is 2. The Balaban J connectivity index is 2.16. The lowest BCUT2D eigenvalue weighted by molar-refractivity contribution is -0.134. The number of Topliss-reactive ketones (excluding diaryl/α,β-unsaturated/α-hetero) is 2. The average molecular weight is 324 g/mol. The van der Waals surface area contributed by atoms with Gasteiger partial charge in [-0.05, 0) is 43.9 Å². The molecule has 0 bridgehead atoms. The van der Waals surface area contributed by atoms with Crippen molar-refractivity contribution in [2.45, 2.75) is 32.2 Å². The third-order valence-electron chi connectivity index (χ3n) is 4.01. The van der Waals surface area contributed by atoms with Crippen LogP contribution in [0.3, 0.4) is 0 Å². The Morgan fingerprint density at radius 3 is 2.50 bits per heavy atom. The summed E-state index contributed by atoms with van der Waals surface area (Å²) in [7, 11) is 0. The number of hydrogen-bond acceptors (Lipinski definition) is 3. The molecule has 1 saturated heterocycles. The standard InChI is InChI=1S/C16H18ClNO4/c1-10(19)13(9-11-4-6-12(17)7-5-11)15(20)14-3-2-8-18(14)16(21)22/h4-7,13-14H,2-3,8-9H2,1H3,(H,21,22). The molecule has 1 aliphatic heterocycles. The summed E-state index contributed by atoms with van der Waals surface area (Å²) in [6.45, 7) is 1.72. The van der Waals surface area contributed by atoms with Gasteiger partial charge in [-0.15, -0.1) is 0 Å². The Labute approximate surface area is 133 Å². The molecule has 1 aromatic carbocycles. The van der Waals surface area contributed by atoms with Crippen molar-refractivity contribution < 1.29 is 19.5 Å². The van der Waals surface area contributed by atoms with E-state index in [0.717, 1.165) is 10.5 Å². The first-order chi connectivity index (χ1) is 10.4. The van der Waals surface area contributed by atoms with E-state index in [1.165, 1.54) is 6.92 Å². The number of nitrogens with zero attached hydrogens (tertiary/aromatic N) is 1. The summed E-state index contributed by atoms with van der Waals surface area (Å²) < 4.78 is 0. The first-order valence-electron chi connectivity index (χ1n) is 7.18. The van der Waals surface area contributed by atoms with Gasteiger partial charge in [0.2, 0.25) is 0 Å². The number of carbonyl (C=O) groups is 3. The summed E-state index contributed by atoms with van der Waals surface area (Å²) >= 11 is 5.83. The number of hydrogen-bond donors (Lipinski definition) is 1. The number of amides is 1. The van der Waals surface area contributed by atoms with E-state index in [1.807, 2.05) is 0 Å². The van der Waals surface area contributed by atoms with Gasteiger partial charge in [0.05, 0.1) is 12.0 Å². The van der Waals surface area contributed by atoms with E-state index in [9.17, 15) is 14.4 Å². The first-order valence-corrected chi connectivity index (χ1v) is 7.56. The topological polar surface area (TPSA) is 74.7 Å². The summed E-state index contributed by atoms with van der Waals surface area (Å²) in [4.78, 5) is 36.8. The highest BCUT2D eigenvalue weighted by Crippen LogP contribution is 2.24. The van der Waals surface area contributed by atoms with E-state index in [2.05, 4.69) is 0 Å². The Morgan fingerprint density at radius 2 is 1.95 bits per heavy atom. The van der Waals surface area contributed by atoms with Crippen LogP contribution in [0.5, 0.6) is 0 Å². The second-order valence-corrected chi connectivity index (χ2v) is 5.97. The van der Waals surface area contributed by atoms with Crippen LogP contribution in [0.25, 0.3) is 0 Å². The molecule has 1 aliphatic rings. The first kappa shape index (κ1) is 16.5. The van der Waals surface area contributed by atoms with Crippen molar-refractivity contribution in [3.05, 3.63) is 34.9 Å². The molecular weight excluding hydrogens is 306 g/mol. The van der Waals surface area contributed by atoms with E-state index in [0.29, 0.717) is 24.4 Å². The Kier molecular flexibility index (Phi) is 5.19. The van der Waals surface area contributed by atoms with Crippen molar-refractivity contribution in [3.8, 4) is 0 Å². The molecular formula is C16H18ClNO4. The zero-order chi connectivity index (χ0) is 16.3. The lowest BCUT2D eigenvalue weighted by Crippen LogP contribution is -2.44. The van der Waals surface area contributed by atoms with Gasteiger partial charge in [-0.1, -0.05) is 23.7 Å². The number of halogens is 1. The fourth-order valence-corrected chi connectivity index (χ4v) is 2.95. The molecule has 1 N–H and O–H groups in total. The zero-order valence-electron chi connectivity index (χ0n) is 12.3. The molecule has 2 rings (SSSR count). The normalized spacial score (nSPS) is 19.0. The lowest BCUT2D eigenvalue weighted by Gasteiger charge is -2.24. The Morgan fingerprint density at radius 1 is 1.32 bits per heavy atom. The van der Waals surface area contributed by atoms with Gasteiger partial charge in [-0.25, -0.2) is 4.79 Å². The minimum Gasteiger partial charge on any atom is -0.465 e. The number of ketones is 2. The smallest absolute Gasteiger partial charge is 0.407 e. The Bertz CT molecular complexity index is 584. The molecule has 0 aliphatic carbocycles. The predicted octanol–water partition coefficient (Wildman–Crippen LogP) is 2.80. The van der Waals surface area contributed by atoms with E-state index in [1.54, 1.807) is 24.3 Å². The van der Waals surface area contributed by atoms with Crippen molar-refractivity contribution in [2.24, 2.45) is 5.92 Å². The summed E-state index contributed by atoms with van der Waals surface area (Å²) in [5, 5.41) is 9.73. The van der Waals surface area contributed by atoms with Gasteiger partial charge in [0, 0.05) is 11.6 Å². The second kappa shape index (κ2) is 6.92. The van der Waals surface area contributed by atoms with Crippen LogP contribution in [0.15, 0.2) is 24.3 Å². The highest BCUT2D eigenvalue weighted by Gasteiger charge is 2.38. The molecule has 0 radical (unpaired) electrons. The predicted molar refractivity (Wildman–Crippen MR) is 82.1 cm³/mol. The molecule has 6 heteroatoms. The molecule has 22 heavy (non-hydrogen) atoms. The van der Waals surface area contributed by atoms with Gasteiger partial charge in [0.15, 0.2) is 5.78 Å². The van der Waals surface area contributed by atoms with Gasteiger partial charge in [-0.3, -0.25) is 14.5 Å². The number of benzene rings is 1. The number of likely N-dealkylation sites (tertiary alicyclic amines) is 1. The number of rotatable bonds is 5. The van der Waals surface area contributed by atoms with Crippen molar-refractivity contribution in [3.63, 3.8) is 0 Å². The second-order valence-electron chi connectivity index (χ2n) is 5.53. The number of carboxylic acid groups (broad SMARTS) is 1. The maximum absolute atomic E-state index is 12.6. The summed E-state index contributed by atoms with van der Waals surface area (Å²) in [6, 6.07) is 6.25. The monoisotopic (exact) mass is 323 g/mol. The van der Waals surface area contributed by atoms with Crippen LogP contribution in [-0.4, -0.2) is 40.3 Å². The molecule has 5 nitrogen and oxygen atoms in total. The molecule has 1 amide bonds. The summed E-state index contributed by atoms with van der Waals surface area (Å²) in [6.07, 6.45) is 0.295. The van der Waals surface area contributed by atoms with Crippen molar-refractivity contribution in [1.82, 2.24) is 4.90 Å². The fourth-order valence-electron chi connectivity index (χ4n) is 2.82. The molecule has 2 unspecified atom stereocenters. The van der Waals surface area contributed by atoms with Crippen LogP contribution in [-0.2, 0) is 16.0 Å². The maximum atomic E-state index is 12.6. The SMILES string of the molecule is CC(=O)C(Cc1ccc(Cl)cc1)C(=O)C1CCCN1C(=O)O. The largest absolute Gasteiger partial charge is 0.465 e. The van der Waals surface area contributed by atoms with E-state index in [4.69, 9.17) is 16.7 Å². The third-order valence-corrected chi connectivity index (χ3v) is 4.27. The molecule has 1 fully saturated rings. The summed E-state index contributed by atoms with van der Waals surface area (Å²) in [5.74, 6) is -1.36. The molecule has 0 spiro atoms. The van der Waals surface area contributed by atoms with Gasteiger partial charge in [-0.2, -0.15) is 0 Å². The Hall–Kier alpha value is -1.88. The van der Waals surface area contributed by atoms with Gasteiger partial charge < -0.3 is 5.11 Å². The average Bonchev–Trinajstić information content (AvgIpc) is 2.95.